The fourth-order valence-corrected chi connectivity index (χ4v) is 3.10. The number of nitrogens with zero attached hydrogens (tertiary/aromatic N) is 2. The fourth-order valence-electron chi connectivity index (χ4n) is 3.10. The first-order valence-electron chi connectivity index (χ1n) is 9.23. The Morgan fingerprint density at radius 3 is 2.31 bits per heavy atom. The van der Waals surface area contributed by atoms with E-state index in [2.05, 4.69) is 16.5 Å². The second-order valence-electron chi connectivity index (χ2n) is 6.51. The number of amides is 1. The average molecular weight is 395 g/mol. The molecule has 3 rings (SSSR count). The minimum absolute atomic E-state index is 0.0863. The van der Waals surface area contributed by atoms with E-state index in [9.17, 15) is 4.79 Å². The average Bonchev–Trinajstić information content (AvgIpc) is 3.24. The lowest BCUT2D eigenvalue weighted by atomic mass is 10.1. The molecule has 0 fully saturated rings. The zero-order chi connectivity index (χ0) is 20.6. The summed E-state index contributed by atoms with van der Waals surface area (Å²) in [5.74, 6) is 1.48. The Kier molecular flexibility index (Phi) is 6.73. The largest absolute Gasteiger partial charge is 0.493 e. The third-order valence-electron chi connectivity index (χ3n) is 4.47. The monoisotopic (exact) mass is 395 g/mol. The van der Waals surface area contributed by atoms with E-state index >= 15 is 0 Å². The summed E-state index contributed by atoms with van der Waals surface area (Å²) < 4.78 is 17.9. The van der Waals surface area contributed by atoms with E-state index in [4.69, 9.17) is 14.2 Å². The first-order chi connectivity index (χ1) is 14.1. The molecule has 3 aromatic rings. The highest BCUT2D eigenvalue weighted by Crippen LogP contribution is 2.38. The van der Waals surface area contributed by atoms with E-state index < -0.39 is 0 Å². The van der Waals surface area contributed by atoms with Crippen LogP contribution in [0.1, 0.15) is 16.7 Å². The van der Waals surface area contributed by atoms with Crippen molar-refractivity contribution in [3.05, 3.63) is 71.5 Å². The predicted molar refractivity (Wildman–Crippen MR) is 109 cm³/mol. The number of rotatable bonds is 9. The van der Waals surface area contributed by atoms with Gasteiger partial charge in [0.1, 0.15) is 0 Å². The number of ether oxygens (including phenoxy) is 3. The van der Waals surface area contributed by atoms with Crippen molar-refractivity contribution in [1.29, 1.82) is 0 Å². The molecule has 0 aliphatic heterocycles. The molecule has 1 N–H and O–H groups in total. The summed E-state index contributed by atoms with van der Waals surface area (Å²) in [6, 6.07) is 13.6. The van der Waals surface area contributed by atoms with Crippen LogP contribution >= 0.6 is 0 Å². The van der Waals surface area contributed by atoms with Crippen LogP contribution in [0.2, 0.25) is 0 Å². The summed E-state index contributed by atoms with van der Waals surface area (Å²) in [5, 5.41) is 7.18. The number of methoxy groups -OCH3 is 3. The molecule has 1 amide bonds. The van der Waals surface area contributed by atoms with E-state index in [0.29, 0.717) is 30.3 Å². The Bertz CT molecular complexity index is 929. The van der Waals surface area contributed by atoms with E-state index in [0.717, 1.165) is 16.7 Å². The van der Waals surface area contributed by atoms with Gasteiger partial charge in [-0.05, 0) is 34.9 Å². The van der Waals surface area contributed by atoms with Crippen LogP contribution in [-0.2, 0) is 24.3 Å². The van der Waals surface area contributed by atoms with Gasteiger partial charge in [0.2, 0.25) is 11.7 Å². The minimum Gasteiger partial charge on any atom is -0.493 e. The third-order valence-corrected chi connectivity index (χ3v) is 4.47. The van der Waals surface area contributed by atoms with Crippen LogP contribution < -0.4 is 19.5 Å². The summed E-state index contributed by atoms with van der Waals surface area (Å²) in [7, 11) is 4.65. The van der Waals surface area contributed by atoms with Gasteiger partial charge in [-0.1, -0.05) is 24.3 Å². The molecule has 0 unspecified atom stereocenters. The van der Waals surface area contributed by atoms with Crippen LogP contribution in [0.5, 0.6) is 17.2 Å². The molecule has 29 heavy (non-hydrogen) atoms. The van der Waals surface area contributed by atoms with Gasteiger partial charge in [0, 0.05) is 18.9 Å². The molecule has 0 aliphatic rings. The maximum Gasteiger partial charge on any atom is 0.224 e. The SMILES string of the molecule is COc1cc(CC(=O)NCc2cccc(Cn3cccn3)c2)cc(OC)c1OC. The molecule has 7 heteroatoms. The molecule has 1 heterocycles. The highest BCUT2D eigenvalue weighted by atomic mass is 16.5. The van der Waals surface area contributed by atoms with Gasteiger partial charge in [-0.2, -0.15) is 5.10 Å². The minimum atomic E-state index is -0.0863. The van der Waals surface area contributed by atoms with E-state index in [1.807, 2.05) is 35.1 Å². The van der Waals surface area contributed by atoms with Gasteiger partial charge < -0.3 is 19.5 Å². The molecule has 7 nitrogen and oxygen atoms in total. The van der Waals surface area contributed by atoms with Crippen LogP contribution in [0.4, 0.5) is 0 Å². The molecule has 0 aliphatic carbocycles. The number of benzene rings is 2. The van der Waals surface area contributed by atoms with Crippen molar-refractivity contribution in [3.63, 3.8) is 0 Å². The standard InChI is InChI=1S/C22H25N3O4/c1-27-19-11-18(12-20(28-2)22(19)29-3)13-21(26)23-14-16-6-4-7-17(10-16)15-25-9-5-8-24-25/h4-12H,13-15H2,1-3H3,(H,23,26). The molecule has 0 spiro atoms. The number of carbonyl (C=O) groups is 1. The van der Waals surface area contributed by atoms with Crippen molar-refractivity contribution in [2.45, 2.75) is 19.5 Å². The van der Waals surface area contributed by atoms with Crippen molar-refractivity contribution >= 4 is 5.91 Å². The van der Waals surface area contributed by atoms with Crippen molar-refractivity contribution in [1.82, 2.24) is 15.1 Å². The number of aromatic nitrogens is 2. The first kappa shape index (κ1) is 20.3. The molecule has 0 saturated carbocycles. The quantitative estimate of drug-likeness (QED) is 0.603. The Balaban J connectivity index is 1.61. The Morgan fingerprint density at radius 1 is 0.966 bits per heavy atom. The zero-order valence-electron chi connectivity index (χ0n) is 16.8. The van der Waals surface area contributed by atoms with Gasteiger partial charge >= 0.3 is 0 Å². The van der Waals surface area contributed by atoms with Crippen LogP contribution in [0.3, 0.4) is 0 Å². The van der Waals surface area contributed by atoms with Crippen LogP contribution in [0, 0.1) is 0 Å². The molecule has 0 atom stereocenters. The second kappa shape index (κ2) is 9.64. The molecule has 0 saturated heterocycles. The zero-order valence-corrected chi connectivity index (χ0v) is 16.8. The van der Waals surface area contributed by atoms with Gasteiger partial charge in [0.05, 0.1) is 34.3 Å². The number of hydrogen-bond acceptors (Lipinski definition) is 5. The summed E-state index contributed by atoms with van der Waals surface area (Å²) in [5.41, 5.74) is 2.95. The fraction of sp³-hybridized carbons (Fsp3) is 0.273. The summed E-state index contributed by atoms with van der Waals surface area (Å²) >= 11 is 0. The van der Waals surface area contributed by atoms with Crippen LogP contribution in [-0.4, -0.2) is 37.0 Å². The van der Waals surface area contributed by atoms with Crippen molar-refractivity contribution < 1.29 is 19.0 Å². The summed E-state index contributed by atoms with van der Waals surface area (Å²) in [6.07, 6.45) is 3.89. The summed E-state index contributed by atoms with van der Waals surface area (Å²) in [6.45, 7) is 1.15. The topological polar surface area (TPSA) is 74.6 Å². The highest BCUT2D eigenvalue weighted by Gasteiger charge is 2.15. The van der Waals surface area contributed by atoms with Gasteiger partial charge in [-0.3, -0.25) is 9.48 Å². The van der Waals surface area contributed by atoms with E-state index in [1.165, 1.54) is 0 Å². The van der Waals surface area contributed by atoms with Gasteiger partial charge in [0.25, 0.3) is 0 Å². The maximum absolute atomic E-state index is 12.4. The lowest BCUT2D eigenvalue weighted by Crippen LogP contribution is -2.24. The van der Waals surface area contributed by atoms with Crippen LogP contribution in [0.25, 0.3) is 0 Å². The maximum atomic E-state index is 12.4. The highest BCUT2D eigenvalue weighted by molar-refractivity contribution is 5.79. The van der Waals surface area contributed by atoms with Crippen molar-refractivity contribution in [2.24, 2.45) is 0 Å². The smallest absolute Gasteiger partial charge is 0.224 e. The lowest BCUT2D eigenvalue weighted by Gasteiger charge is -2.14. The molecular formula is C22H25N3O4. The number of carbonyl (C=O) groups excluding carboxylic acids is 1. The van der Waals surface area contributed by atoms with Gasteiger partial charge in [0.15, 0.2) is 11.5 Å². The Labute approximate surface area is 170 Å². The molecule has 0 bridgehead atoms. The Hall–Kier alpha value is -3.48. The van der Waals surface area contributed by atoms with Crippen molar-refractivity contribution in [2.75, 3.05) is 21.3 Å². The first-order valence-corrected chi connectivity index (χ1v) is 9.23. The molecule has 152 valence electrons. The van der Waals surface area contributed by atoms with Gasteiger partial charge in [-0.15, -0.1) is 0 Å². The summed E-state index contributed by atoms with van der Waals surface area (Å²) in [4.78, 5) is 12.4. The van der Waals surface area contributed by atoms with E-state index in [1.54, 1.807) is 39.7 Å². The predicted octanol–water partition coefficient (Wildman–Crippen LogP) is 2.82. The number of nitrogens with one attached hydrogen (secondary N) is 1. The molecular weight excluding hydrogens is 370 g/mol. The molecule has 2 aromatic carbocycles. The van der Waals surface area contributed by atoms with Gasteiger partial charge in [-0.25, -0.2) is 0 Å². The number of hydrogen-bond donors (Lipinski definition) is 1. The lowest BCUT2D eigenvalue weighted by molar-refractivity contribution is -0.120. The van der Waals surface area contributed by atoms with E-state index in [-0.39, 0.29) is 12.3 Å². The van der Waals surface area contributed by atoms with Crippen LogP contribution in [0.15, 0.2) is 54.9 Å². The molecule has 0 radical (unpaired) electrons. The third kappa shape index (κ3) is 5.28. The normalized spacial score (nSPS) is 10.4. The molecule has 1 aromatic heterocycles. The second-order valence-corrected chi connectivity index (χ2v) is 6.51. The Morgan fingerprint density at radius 2 is 1.69 bits per heavy atom. The van der Waals surface area contributed by atoms with Crippen molar-refractivity contribution in [3.8, 4) is 17.2 Å².